The van der Waals surface area contributed by atoms with Gasteiger partial charge in [0.25, 0.3) is 5.85 Å². The van der Waals surface area contributed by atoms with Gasteiger partial charge in [-0.1, -0.05) is 25.1 Å². The number of allylic oxidation sites excluding steroid dienone is 2. The zero-order valence-electron chi connectivity index (χ0n) is 22.2. The normalized spacial score (nSPS) is 14.0. The van der Waals surface area contributed by atoms with E-state index in [4.69, 9.17) is 4.74 Å². The van der Waals surface area contributed by atoms with E-state index < -0.39 is 63.6 Å². The van der Waals surface area contributed by atoms with Crippen LogP contribution in [-0.2, 0) is 12.0 Å². The van der Waals surface area contributed by atoms with Crippen LogP contribution in [0.3, 0.4) is 0 Å². The van der Waals surface area contributed by atoms with Gasteiger partial charge in [0, 0.05) is 29.9 Å². The van der Waals surface area contributed by atoms with Gasteiger partial charge in [0.2, 0.25) is 0 Å². The van der Waals surface area contributed by atoms with E-state index in [1.54, 1.807) is 0 Å². The lowest BCUT2D eigenvalue weighted by Crippen LogP contribution is -2.27. The van der Waals surface area contributed by atoms with Crippen molar-refractivity contribution >= 4 is 16.7 Å². The van der Waals surface area contributed by atoms with Crippen LogP contribution in [0.1, 0.15) is 48.9 Å². The van der Waals surface area contributed by atoms with Crippen molar-refractivity contribution < 1.29 is 44.3 Å². The molecule has 0 saturated carbocycles. The average Bonchev–Trinajstić information content (AvgIpc) is 2.82. The number of halogens is 9. The number of hydrogen-bond acceptors (Lipinski definition) is 2. The van der Waals surface area contributed by atoms with Crippen LogP contribution >= 0.6 is 11.8 Å². The quantitative estimate of drug-likeness (QED) is 0.168. The topological polar surface area (TPSA) is 9.23 Å². The van der Waals surface area contributed by atoms with Gasteiger partial charge in [-0.25, -0.2) is 22.0 Å². The molecule has 0 aliphatic carbocycles. The van der Waals surface area contributed by atoms with Crippen LogP contribution in [0.25, 0.3) is 16.0 Å². The molecule has 3 aromatic rings. The molecule has 41 heavy (non-hydrogen) atoms. The van der Waals surface area contributed by atoms with Gasteiger partial charge in [-0.3, -0.25) is 0 Å². The molecule has 0 N–H and O–H groups in total. The van der Waals surface area contributed by atoms with Crippen LogP contribution in [-0.4, -0.2) is 5.75 Å². The largest absolute Gasteiger partial charge is 0.454 e. The van der Waals surface area contributed by atoms with E-state index in [1.165, 1.54) is 30.0 Å². The Hall–Kier alpha value is -3.34. The van der Waals surface area contributed by atoms with Crippen molar-refractivity contribution in [1.82, 2.24) is 0 Å². The van der Waals surface area contributed by atoms with Crippen LogP contribution in [0.2, 0.25) is 0 Å². The second-order valence-electron chi connectivity index (χ2n) is 9.20. The molecule has 0 saturated heterocycles. The van der Waals surface area contributed by atoms with Crippen LogP contribution in [0.15, 0.2) is 60.9 Å². The minimum atomic E-state index is -5.03. The van der Waals surface area contributed by atoms with E-state index in [0.717, 1.165) is 19.4 Å². The van der Waals surface area contributed by atoms with Crippen LogP contribution in [0, 0.1) is 30.2 Å². The zero-order valence-corrected chi connectivity index (χ0v) is 23.0. The average molecular weight is 605 g/mol. The molecule has 0 aromatic heterocycles. The van der Waals surface area contributed by atoms with Crippen molar-refractivity contribution in [3.63, 3.8) is 0 Å². The summed E-state index contributed by atoms with van der Waals surface area (Å²) in [5.41, 5.74) is -3.83. The van der Waals surface area contributed by atoms with E-state index in [0.29, 0.717) is 30.9 Å². The highest BCUT2D eigenvalue weighted by molar-refractivity contribution is 8.08. The first-order valence-corrected chi connectivity index (χ1v) is 13.3. The SMILES string of the molecule is C=CCC(F)=C(SCCC)c1ccc(-c2cc(F)c(C(C)(F)Oc3cc(C)c(C(F)(F)F)c(F)c3)c(F)c2)c(F)c1. The number of aryl methyl sites for hydroxylation is 1. The number of benzene rings is 3. The molecule has 3 rings (SSSR count). The molecule has 0 heterocycles. The van der Waals surface area contributed by atoms with Crippen LogP contribution in [0.4, 0.5) is 39.5 Å². The van der Waals surface area contributed by atoms with E-state index in [2.05, 4.69) is 6.58 Å². The van der Waals surface area contributed by atoms with Gasteiger partial charge < -0.3 is 4.74 Å². The fraction of sp³-hybridized carbons (Fsp3) is 0.267. The van der Waals surface area contributed by atoms with Gasteiger partial charge in [-0.2, -0.15) is 17.6 Å². The first-order valence-electron chi connectivity index (χ1n) is 12.3. The first-order chi connectivity index (χ1) is 19.1. The predicted octanol–water partition coefficient (Wildman–Crippen LogP) is 10.8. The van der Waals surface area contributed by atoms with Gasteiger partial charge in [0.1, 0.15) is 34.8 Å². The molecule has 220 valence electrons. The van der Waals surface area contributed by atoms with E-state index in [-0.39, 0.29) is 34.1 Å². The molecule has 0 bridgehead atoms. The second kappa shape index (κ2) is 12.7. The first kappa shape index (κ1) is 32.2. The monoisotopic (exact) mass is 604 g/mol. The molecule has 0 aliphatic heterocycles. The highest BCUT2D eigenvalue weighted by atomic mass is 32.2. The summed E-state index contributed by atoms with van der Waals surface area (Å²) in [6.45, 7) is 6.89. The second-order valence-corrected chi connectivity index (χ2v) is 10.3. The summed E-state index contributed by atoms with van der Waals surface area (Å²) >= 11 is 1.18. The summed E-state index contributed by atoms with van der Waals surface area (Å²) in [5.74, 6) is -9.66. The zero-order chi connectivity index (χ0) is 30.7. The van der Waals surface area contributed by atoms with E-state index in [1.807, 2.05) is 6.92 Å². The third-order valence-electron chi connectivity index (χ3n) is 5.91. The molecular formula is C30H25F9OS. The van der Waals surface area contributed by atoms with Crippen LogP contribution in [0.5, 0.6) is 5.75 Å². The predicted molar refractivity (Wildman–Crippen MR) is 143 cm³/mol. The maximum Gasteiger partial charge on any atom is 0.419 e. The van der Waals surface area contributed by atoms with Gasteiger partial charge in [-0.05, 0) is 60.1 Å². The van der Waals surface area contributed by atoms with Gasteiger partial charge >= 0.3 is 6.18 Å². The summed E-state index contributed by atoms with van der Waals surface area (Å²) in [6, 6.07) is 5.84. The van der Waals surface area contributed by atoms with Crippen LogP contribution < -0.4 is 4.74 Å². The lowest BCUT2D eigenvalue weighted by molar-refractivity contribution is -0.140. The van der Waals surface area contributed by atoms with Crippen molar-refractivity contribution in [2.75, 3.05) is 5.75 Å². The Balaban J connectivity index is 1.98. The molecule has 0 spiro atoms. The maximum atomic E-state index is 15.5. The highest BCUT2D eigenvalue weighted by Gasteiger charge is 2.39. The van der Waals surface area contributed by atoms with Gasteiger partial charge in [0.15, 0.2) is 0 Å². The summed E-state index contributed by atoms with van der Waals surface area (Å²) in [7, 11) is 0. The van der Waals surface area contributed by atoms with Crippen molar-refractivity contribution in [3.05, 3.63) is 106 Å². The van der Waals surface area contributed by atoms with Gasteiger partial charge in [-0.15, -0.1) is 18.3 Å². The molecular weight excluding hydrogens is 579 g/mol. The molecule has 1 atom stereocenters. The lowest BCUT2D eigenvalue weighted by Gasteiger charge is -2.25. The molecule has 3 aromatic carbocycles. The summed E-state index contributed by atoms with van der Waals surface area (Å²) in [5, 5.41) is 0. The van der Waals surface area contributed by atoms with Crippen molar-refractivity contribution in [3.8, 4) is 16.9 Å². The Bertz CT molecular complexity index is 1430. The third-order valence-corrected chi connectivity index (χ3v) is 7.26. The smallest absolute Gasteiger partial charge is 0.419 e. The van der Waals surface area contributed by atoms with Crippen molar-refractivity contribution in [1.29, 1.82) is 0 Å². The standard InChI is InChI=1S/C30H25F9OS/c1-5-7-21(31)28(41-10-6-2)17-8-9-20(22(32)12-17)18-13-23(33)27(24(34)14-18)29(4,36)40-19-11-16(3)26(25(35)15-19)30(37,38)39/h5,8-9,11-15H,1,6-7,10H2,2-4H3. The molecule has 0 fully saturated rings. The van der Waals surface area contributed by atoms with E-state index in [9.17, 15) is 22.0 Å². The molecule has 0 amide bonds. The maximum absolute atomic E-state index is 15.5. The fourth-order valence-electron chi connectivity index (χ4n) is 4.19. The Labute approximate surface area is 235 Å². The lowest BCUT2D eigenvalue weighted by atomic mass is 9.98. The number of rotatable bonds is 10. The highest BCUT2D eigenvalue weighted by Crippen LogP contribution is 2.40. The Morgan fingerprint density at radius 2 is 1.51 bits per heavy atom. The molecule has 0 radical (unpaired) electrons. The summed E-state index contributed by atoms with van der Waals surface area (Å²) < 4.78 is 133. The number of hydrogen-bond donors (Lipinski definition) is 0. The molecule has 11 heteroatoms. The Morgan fingerprint density at radius 3 is 2.02 bits per heavy atom. The summed E-state index contributed by atoms with van der Waals surface area (Å²) in [4.78, 5) is 0.199. The Morgan fingerprint density at radius 1 is 0.902 bits per heavy atom. The number of thioether (sulfide) groups is 1. The third kappa shape index (κ3) is 7.30. The van der Waals surface area contributed by atoms with Crippen molar-refractivity contribution in [2.24, 2.45) is 0 Å². The Kier molecular flexibility index (Phi) is 9.94. The van der Waals surface area contributed by atoms with Gasteiger partial charge in [0.05, 0.1) is 11.1 Å². The minimum Gasteiger partial charge on any atom is -0.454 e. The fourth-order valence-corrected chi connectivity index (χ4v) is 5.13. The molecule has 0 aliphatic rings. The van der Waals surface area contributed by atoms with E-state index >= 15 is 17.6 Å². The number of ether oxygens (including phenoxy) is 1. The minimum absolute atomic E-state index is 0.0734. The number of alkyl halides is 4. The van der Waals surface area contributed by atoms with Crippen molar-refractivity contribution in [2.45, 2.75) is 45.6 Å². The summed E-state index contributed by atoms with van der Waals surface area (Å²) in [6.07, 6.45) is -3.02. The molecule has 1 nitrogen and oxygen atoms in total. The molecule has 1 unspecified atom stereocenters.